The highest BCUT2D eigenvalue weighted by atomic mass is 16.4. The first kappa shape index (κ1) is 30.0. The maximum atomic E-state index is 13.2. The topological polar surface area (TPSA) is 231 Å². The van der Waals surface area contributed by atoms with Gasteiger partial charge in [0.05, 0.1) is 12.5 Å². The van der Waals surface area contributed by atoms with Gasteiger partial charge in [0, 0.05) is 12.8 Å². The largest absolute Gasteiger partial charge is 0.481 e. The molecule has 0 aliphatic carbocycles. The summed E-state index contributed by atoms with van der Waals surface area (Å²) in [6.45, 7) is 3.20. The fraction of sp³-hybridized carbons (Fsp3) is 0.478. The van der Waals surface area contributed by atoms with Gasteiger partial charge in [0.2, 0.25) is 23.6 Å². The third-order valence-corrected chi connectivity index (χ3v) is 5.19. The average Bonchev–Trinajstić information content (AvgIpc) is 2.79. The van der Waals surface area contributed by atoms with Crippen LogP contribution in [0.3, 0.4) is 0 Å². The molecule has 198 valence electrons. The van der Waals surface area contributed by atoms with Crippen LogP contribution in [-0.4, -0.2) is 69.9 Å². The third kappa shape index (κ3) is 10.5. The maximum Gasteiger partial charge on any atom is 0.326 e. The molecule has 1 aromatic rings. The second-order valence-corrected chi connectivity index (χ2v) is 8.59. The number of primary amides is 1. The van der Waals surface area contributed by atoms with Crippen LogP contribution in [0.15, 0.2) is 30.3 Å². The number of hydrogen-bond acceptors (Lipinski definition) is 7. The molecule has 0 aliphatic rings. The Bertz CT molecular complexity index is 953. The molecule has 0 spiro atoms. The van der Waals surface area contributed by atoms with Crippen molar-refractivity contribution < 1.29 is 39.0 Å². The van der Waals surface area contributed by atoms with Crippen molar-refractivity contribution in [1.29, 1.82) is 0 Å². The third-order valence-electron chi connectivity index (χ3n) is 5.19. The molecular formula is C23H33N5O8. The normalized spacial score (nSPS) is 14.1. The van der Waals surface area contributed by atoms with Gasteiger partial charge in [-0.1, -0.05) is 44.2 Å². The zero-order valence-electron chi connectivity index (χ0n) is 20.1. The Morgan fingerprint density at radius 3 is 1.94 bits per heavy atom. The van der Waals surface area contributed by atoms with E-state index in [1.54, 1.807) is 44.2 Å². The number of benzene rings is 1. The van der Waals surface area contributed by atoms with Gasteiger partial charge in [-0.3, -0.25) is 24.0 Å². The second-order valence-electron chi connectivity index (χ2n) is 8.59. The monoisotopic (exact) mass is 507 g/mol. The number of carbonyl (C=O) groups is 6. The van der Waals surface area contributed by atoms with E-state index in [2.05, 4.69) is 16.0 Å². The highest BCUT2D eigenvalue weighted by Crippen LogP contribution is 2.08. The Balaban J connectivity index is 3.06. The van der Waals surface area contributed by atoms with E-state index in [0.717, 1.165) is 0 Å². The van der Waals surface area contributed by atoms with Crippen molar-refractivity contribution in [3.05, 3.63) is 35.9 Å². The van der Waals surface area contributed by atoms with Crippen molar-refractivity contribution in [2.24, 2.45) is 17.4 Å². The lowest BCUT2D eigenvalue weighted by Gasteiger charge is -2.27. The fourth-order valence-corrected chi connectivity index (χ4v) is 3.19. The van der Waals surface area contributed by atoms with Crippen LogP contribution in [0.4, 0.5) is 0 Å². The lowest BCUT2D eigenvalue weighted by atomic mass is 10.00. The van der Waals surface area contributed by atoms with Crippen LogP contribution in [0.25, 0.3) is 0 Å². The number of aliphatic carboxylic acids is 2. The Morgan fingerprint density at radius 2 is 1.44 bits per heavy atom. The molecule has 0 heterocycles. The predicted octanol–water partition coefficient (Wildman–Crippen LogP) is -1.51. The van der Waals surface area contributed by atoms with E-state index in [1.165, 1.54) is 0 Å². The highest BCUT2D eigenvalue weighted by molar-refractivity contribution is 5.95. The van der Waals surface area contributed by atoms with Gasteiger partial charge < -0.3 is 37.6 Å². The van der Waals surface area contributed by atoms with E-state index in [1.807, 2.05) is 0 Å². The number of carboxylic acid groups (broad SMARTS) is 2. The number of nitrogens with two attached hydrogens (primary N) is 2. The van der Waals surface area contributed by atoms with E-state index in [4.69, 9.17) is 16.6 Å². The zero-order chi connectivity index (χ0) is 27.4. The number of nitrogens with one attached hydrogen (secondary N) is 3. The Kier molecular flexibility index (Phi) is 12.0. The van der Waals surface area contributed by atoms with Crippen LogP contribution in [0.5, 0.6) is 0 Å². The molecule has 0 radical (unpaired) electrons. The van der Waals surface area contributed by atoms with Crippen molar-refractivity contribution in [1.82, 2.24) is 16.0 Å². The molecule has 0 saturated carbocycles. The molecule has 0 saturated heterocycles. The molecule has 0 aliphatic heterocycles. The van der Waals surface area contributed by atoms with Crippen LogP contribution in [0.2, 0.25) is 0 Å². The summed E-state index contributed by atoms with van der Waals surface area (Å²) in [5.41, 5.74) is 11.6. The molecule has 9 N–H and O–H groups in total. The second kappa shape index (κ2) is 14.4. The first-order valence-corrected chi connectivity index (χ1v) is 11.2. The summed E-state index contributed by atoms with van der Waals surface area (Å²) in [5, 5.41) is 25.2. The predicted molar refractivity (Wildman–Crippen MR) is 127 cm³/mol. The number of rotatable bonds is 15. The molecule has 36 heavy (non-hydrogen) atoms. The van der Waals surface area contributed by atoms with Crippen LogP contribution < -0.4 is 27.4 Å². The molecule has 1 rings (SSSR count). The number of carboxylic acids is 2. The van der Waals surface area contributed by atoms with E-state index < -0.39 is 72.1 Å². The molecule has 1 aromatic carbocycles. The van der Waals surface area contributed by atoms with Gasteiger partial charge in [-0.25, -0.2) is 4.79 Å². The molecule has 0 aromatic heterocycles. The lowest BCUT2D eigenvalue weighted by Crippen LogP contribution is -2.59. The molecule has 13 heteroatoms. The van der Waals surface area contributed by atoms with E-state index in [0.29, 0.717) is 5.56 Å². The van der Waals surface area contributed by atoms with Crippen LogP contribution in [-0.2, 0) is 35.2 Å². The van der Waals surface area contributed by atoms with Gasteiger partial charge in [0.25, 0.3) is 0 Å². The quantitative estimate of drug-likeness (QED) is 0.146. The van der Waals surface area contributed by atoms with Crippen molar-refractivity contribution in [2.45, 2.75) is 63.7 Å². The van der Waals surface area contributed by atoms with Gasteiger partial charge in [-0.05, 0) is 17.9 Å². The van der Waals surface area contributed by atoms with Crippen molar-refractivity contribution in [2.75, 3.05) is 0 Å². The summed E-state index contributed by atoms with van der Waals surface area (Å²) in [4.78, 5) is 71.7. The van der Waals surface area contributed by atoms with Gasteiger partial charge in [0.15, 0.2) is 0 Å². The fourth-order valence-electron chi connectivity index (χ4n) is 3.19. The van der Waals surface area contributed by atoms with Crippen LogP contribution in [0.1, 0.15) is 38.7 Å². The molecule has 4 unspecified atom stereocenters. The molecule has 13 nitrogen and oxygen atoms in total. The lowest BCUT2D eigenvalue weighted by molar-refractivity contribution is -0.147. The van der Waals surface area contributed by atoms with Gasteiger partial charge in [0.1, 0.15) is 18.1 Å². The number of hydrogen-bond donors (Lipinski definition) is 7. The molecule has 4 amide bonds. The minimum absolute atomic E-state index is 0.0297. The standard InChI is InChI=1S/C23H33N5O8/c1-12(2)19(22(34)27-16(23(35)36)11-18(30)31)28-21(33)15(10-13-6-4-3-5-7-13)26-20(32)14(24)8-9-17(25)29/h3-7,12,14-16,19H,8-11,24H2,1-2H3,(H2,25,29)(H,26,32)(H,27,34)(H,28,33)(H,30,31)(H,35,36). The summed E-state index contributed by atoms with van der Waals surface area (Å²) in [6, 6.07) is 3.51. The SMILES string of the molecule is CC(C)C(NC(=O)C(Cc1ccccc1)NC(=O)C(N)CCC(N)=O)C(=O)NC(CC(=O)O)C(=O)O. The molecule has 0 bridgehead atoms. The first-order valence-electron chi connectivity index (χ1n) is 11.2. The summed E-state index contributed by atoms with van der Waals surface area (Å²) in [5.74, 6) is -6.46. The minimum Gasteiger partial charge on any atom is -0.481 e. The minimum atomic E-state index is -1.70. The molecule has 4 atom stereocenters. The number of amides is 4. The highest BCUT2D eigenvalue weighted by Gasteiger charge is 2.32. The van der Waals surface area contributed by atoms with Gasteiger partial charge >= 0.3 is 11.9 Å². The zero-order valence-corrected chi connectivity index (χ0v) is 20.1. The maximum absolute atomic E-state index is 13.2. The van der Waals surface area contributed by atoms with Crippen molar-refractivity contribution in [3.8, 4) is 0 Å². The Morgan fingerprint density at radius 1 is 0.861 bits per heavy atom. The number of carbonyl (C=O) groups excluding carboxylic acids is 4. The summed E-state index contributed by atoms with van der Waals surface area (Å²) >= 11 is 0. The van der Waals surface area contributed by atoms with Crippen LogP contribution in [0, 0.1) is 5.92 Å². The van der Waals surface area contributed by atoms with Gasteiger partial charge in [-0.15, -0.1) is 0 Å². The van der Waals surface area contributed by atoms with E-state index >= 15 is 0 Å². The Hall–Kier alpha value is -4.00. The Labute approximate surface area is 208 Å². The summed E-state index contributed by atoms with van der Waals surface area (Å²) in [7, 11) is 0. The van der Waals surface area contributed by atoms with Crippen molar-refractivity contribution in [3.63, 3.8) is 0 Å². The van der Waals surface area contributed by atoms with E-state index in [9.17, 15) is 33.9 Å². The van der Waals surface area contributed by atoms with Crippen LogP contribution >= 0.6 is 0 Å². The first-order chi connectivity index (χ1) is 16.8. The molecule has 0 fully saturated rings. The summed E-state index contributed by atoms with van der Waals surface area (Å²) in [6.07, 6.45) is -0.960. The molecular weight excluding hydrogens is 474 g/mol. The summed E-state index contributed by atoms with van der Waals surface area (Å²) < 4.78 is 0. The van der Waals surface area contributed by atoms with Crippen molar-refractivity contribution >= 4 is 35.6 Å². The van der Waals surface area contributed by atoms with Gasteiger partial charge in [-0.2, -0.15) is 0 Å². The average molecular weight is 508 g/mol. The van der Waals surface area contributed by atoms with E-state index in [-0.39, 0.29) is 19.3 Å². The smallest absolute Gasteiger partial charge is 0.326 e.